The van der Waals surface area contributed by atoms with Crippen molar-refractivity contribution in [2.24, 2.45) is 5.73 Å². The fourth-order valence-electron chi connectivity index (χ4n) is 2.96. The van der Waals surface area contributed by atoms with E-state index in [1.807, 2.05) is 0 Å². The lowest BCUT2D eigenvalue weighted by atomic mass is 9.78. The van der Waals surface area contributed by atoms with Crippen LogP contribution < -0.4 is 5.73 Å². The van der Waals surface area contributed by atoms with Gasteiger partial charge in [0.1, 0.15) is 11.6 Å². The summed E-state index contributed by atoms with van der Waals surface area (Å²) < 4.78 is 5.42. The van der Waals surface area contributed by atoms with Crippen LogP contribution in [0, 0.1) is 22.7 Å². The van der Waals surface area contributed by atoms with Gasteiger partial charge in [0.05, 0.1) is 11.6 Å². The Morgan fingerprint density at radius 1 is 1.14 bits per heavy atom. The summed E-state index contributed by atoms with van der Waals surface area (Å²) in [5, 5.41) is 18.3. The van der Waals surface area contributed by atoms with Crippen molar-refractivity contribution in [2.75, 3.05) is 0 Å². The quantitative estimate of drug-likeness (QED) is 0.856. The maximum Gasteiger partial charge on any atom is 0.205 e. The van der Waals surface area contributed by atoms with E-state index < -0.39 is 0 Å². The van der Waals surface area contributed by atoms with Crippen LogP contribution in [-0.4, -0.2) is 5.78 Å². The highest BCUT2D eigenvalue weighted by molar-refractivity contribution is 5.96. The summed E-state index contributed by atoms with van der Waals surface area (Å²) >= 11 is 0. The third-order valence-corrected chi connectivity index (χ3v) is 4.00. The number of nitriles is 2. The molecule has 22 heavy (non-hydrogen) atoms. The van der Waals surface area contributed by atoms with Crippen LogP contribution in [0.4, 0.5) is 0 Å². The highest BCUT2D eigenvalue weighted by atomic mass is 16.5. The standard InChI is InChI=1S/C17H13N3O2/c18-8-10-4-6-11(7-5-10)15-12-2-1-3-14(21)16(12)22-17(20)13(15)9-19/h4-7,15H,1-3,20H2/t15-/m0/s1. The van der Waals surface area contributed by atoms with E-state index in [2.05, 4.69) is 12.1 Å². The van der Waals surface area contributed by atoms with Crippen molar-refractivity contribution in [2.45, 2.75) is 25.2 Å². The molecule has 0 spiro atoms. The number of Topliss-reactive ketones (excluding diaryl/α,β-unsaturated/α-hetero) is 1. The summed E-state index contributed by atoms with van der Waals surface area (Å²) in [6.07, 6.45) is 1.88. The van der Waals surface area contributed by atoms with Gasteiger partial charge >= 0.3 is 0 Å². The number of ether oxygens (including phenoxy) is 1. The van der Waals surface area contributed by atoms with Gasteiger partial charge in [0.25, 0.3) is 0 Å². The maximum atomic E-state index is 12.1. The van der Waals surface area contributed by atoms with Crippen molar-refractivity contribution >= 4 is 5.78 Å². The van der Waals surface area contributed by atoms with Crippen LogP contribution >= 0.6 is 0 Å². The van der Waals surface area contributed by atoms with E-state index >= 15 is 0 Å². The number of rotatable bonds is 1. The third kappa shape index (κ3) is 2.13. The molecule has 1 aromatic rings. The van der Waals surface area contributed by atoms with Gasteiger partial charge in [0.2, 0.25) is 5.88 Å². The number of nitrogens with zero attached hydrogens (tertiary/aromatic N) is 2. The van der Waals surface area contributed by atoms with Crippen molar-refractivity contribution in [3.63, 3.8) is 0 Å². The molecule has 1 aliphatic carbocycles. The Morgan fingerprint density at radius 3 is 2.50 bits per heavy atom. The minimum absolute atomic E-state index is 0.00846. The predicted octanol–water partition coefficient (Wildman–Crippen LogP) is 2.37. The smallest absolute Gasteiger partial charge is 0.205 e. The molecular weight excluding hydrogens is 278 g/mol. The van der Waals surface area contributed by atoms with Crippen LogP contribution in [0.25, 0.3) is 0 Å². The number of ketones is 1. The van der Waals surface area contributed by atoms with E-state index in [-0.39, 0.29) is 23.3 Å². The first-order chi connectivity index (χ1) is 10.7. The van der Waals surface area contributed by atoms with Gasteiger partial charge in [-0.05, 0) is 36.1 Å². The Bertz CT molecular complexity index is 789. The Balaban J connectivity index is 2.14. The molecule has 1 aliphatic heterocycles. The zero-order chi connectivity index (χ0) is 15.7. The number of carbonyl (C=O) groups is 1. The van der Waals surface area contributed by atoms with Crippen LogP contribution in [-0.2, 0) is 9.53 Å². The number of hydrogen-bond acceptors (Lipinski definition) is 5. The Morgan fingerprint density at radius 2 is 1.86 bits per heavy atom. The van der Waals surface area contributed by atoms with Crippen LogP contribution in [0.1, 0.15) is 36.3 Å². The van der Waals surface area contributed by atoms with Crippen LogP contribution in [0.15, 0.2) is 47.1 Å². The van der Waals surface area contributed by atoms with Crippen LogP contribution in [0.5, 0.6) is 0 Å². The Labute approximate surface area is 127 Å². The first kappa shape index (κ1) is 13.9. The lowest BCUT2D eigenvalue weighted by Gasteiger charge is -2.31. The molecule has 5 nitrogen and oxygen atoms in total. The van der Waals surface area contributed by atoms with E-state index in [9.17, 15) is 10.1 Å². The molecule has 0 saturated heterocycles. The molecule has 2 aliphatic rings. The van der Waals surface area contributed by atoms with Crippen molar-refractivity contribution in [1.29, 1.82) is 10.5 Å². The number of benzene rings is 1. The summed E-state index contributed by atoms with van der Waals surface area (Å²) in [5.41, 5.74) is 8.35. The molecule has 5 heteroatoms. The number of allylic oxidation sites excluding steroid dienone is 3. The minimum atomic E-state index is -0.370. The molecule has 0 aromatic heterocycles. The summed E-state index contributed by atoms with van der Waals surface area (Å²) in [5.74, 6) is -0.159. The molecule has 3 rings (SSSR count). The lowest BCUT2D eigenvalue weighted by molar-refractivity contribution is -0.119. The van der Waals surface area contributed by atoms with Gasteiger partial charge in [0.15, 0.2) is 11.5 Å². The molecule has 1 aromatic carbocycles. The first-order valence-electron chi connectivity index (χ1n) is 6.99. The number of hydrogen-bond donors (Lipinski definition) is 1. The molecule has 1 atom stereocenters. The first-order valence-corrected chi connectivity index (χ1v) is 6.99. The number of carbonyl (C=O) groups excluding carboxylic acids is 1. The second-order valence-corrected chi connectivity index (χ2v) is 5.29. The summed E-state index contributed by atoms with van der Waals surface area (Å²) in [6, 6.07) is 11.1. The summed E-state index contributed by atoms with van der Waals surface area (Å²) in [6.45, 7) is 0. The normalized spacial score (nSPS) is 20.8. The second kappa shape index (κ2) is 5.38. The van der Waals surface area contributed by atoms with Gasteiger partial charge in [-0.25, -0.2) is 0 Å². The van der Waals surface area contributed by atoms with Gasteiger partial charge in [-0.1, -0.05) is 12.1 Å². The largest absolute Gasteiger partial charge is 0.437 e. The molecule has 108 valence electrons. The second-order valence-electron chi connectivity index (χ2n) is 5.29. The van der Waals surface area contributed by atoms with Gasteiger partial charge in [0, 0.05) is 12.3 Å². The average molecular weight is 291 g/mol. The van der Waals surface area contributed by atoms with Gasteiger partial charge in [-0.3, -0.25) is 4.79 Å². The molecule has 0 amide bonds. The minimum Gasteiger partial charge on any atom is -0.437 e. The Kier molecular flexibility index (Phi) is 3.40. The summed E-state index contributed by atoms with van der Waals surface area (Å²) in [7, 11) is 0. The highest BCUT2D eigenvalue weighted by Gasteiger charge is 2.36. The maximum absolute atomic E-state index is 12.1. The molecule has 1 heterocycles. The zero-order valence-corrected chi connectivity index (χ0v) is 11.8. The molecule has 0 fully saturated rings. The molecule has 0 bridgehead atoms. The molecule has 0 saturated carbocycles. The molecule has 2 N–H and O–H groups in total. The highest BCUT2D eigenvalue weighted by Crippen LogP contribution is 2.43. The van der Waals surface area contributed by atoms with E-state index in [0.29, 0.717) is 24.0 Å². The molecule has 0 unspecified atom stereocenters. The topological polar surface area (TPSA) is 99.9 Å². The van der Waals surface area contributed by atoms with Crippen LogP contribution in [0.2, 0.25) is 0 Å². The van der Waals surface area contributed by atoms with Gasteiger partial charge in [-0.2, -0.15) is 10.5 Å². The fraction of sp³-hybridized carbons (Fsp3) is 0.235. The Hall–Kier alpha value is -3.05. The third-order valence-electron chi connectivity index (χ3n) is 4.00. The van der Waals surface area contributed by atoms with Gasteiger partial charge < -0.3 is 10.5 Å². The van der Waals surface area contributed by atoms with Crippen molar-refractivity contribution < 1.29 is 9.53 Å². The van der Waals surface area contributed by atoms with Crippen molar-refractivity contribution in [3.05, 3.63) is 58.2 Å². The van der Waals surface area contributed by atoms with E-state index in [1.54, 1.807) is 24.3 Å². The van der Waals surface area contributed by atoms with E-state index in [4.69, 9.17) is 15.7 Å². The summed E-state index contributed by atoms with van der Waals surface area (Å²) in [4.78, 5) is 12.1. The number of nitrogens with two attached hydrogens (primary N) is 1. The van der Waals surface area contributed by atoms with Crippen molar-refractivity contribution in [3.8, 4) is 12.1 Å². The van der Waals surface area contributed by atoms with Gasteiger partial charge in [-0.15, -0.1) is 0 Å². The monoisotopic (exact) mass is 291 g/mol. The van der Waals surface area contributed by atoms with Crippen molar-refractivity contribution in [1.82, 2.24) is 0 Å². The SMILES string of the molecule is N#CC1=C(N)OC2=C(CCCC2=O)[C@@H]1c1ccc(C#N)cc1. The predicted molar refractivity (Wildman–Crippen MR) is 77.7 cm³/mol. The van der Waals surface area contributed by atoms with E-state index in [1.165, 1.54) is 0 Å². The zero-order valence-electron chi connectivity index (χ0n) is 11.8. The van der Waals surface area contributed by atoms with Crippen LogP contribution in [0.3, 0.4) is 0 Å². The fourth-order valence-corrected chi connectivity index (χ4v) is 2.96. The average Bonchev–Trinajstić information content (AvgIpc) is 2.55. The van der Waals surface area contributed by atoms with E-state index in [0.717, 1.165) is 17.6 Å². The lowest BCUT2D eigenvalue weighted by Crippen LogP contribution is -2.26. The molecular formula is C17H13N3O2. The molecule has 0 radical (unpaired) electrons.